The third-order valence-electron chi connectivity index (χ3n) is 2.34. The van der Waals surface area contributed by atoms with Crippen LogP contribution in [0.1, 0.15) is 36.2 Å². The molecule has 5 nitrogen and oxygen atoms in total. The van der Waals surface area contributed by atoms with Gasteiger partial charge >= 0.3 is 0 Å². The average Bonchev–Trinajstić information content (AvgIpc) is 2.78. The van der Waals surface area contributed by atoms with Crippen LogP contribution in [0.3, 0.4) is 0 Å². The third kappa shape index (κ3) is 2.87. The van der Waals surface area contributed by atoms with Crippen LogP contribution >= 0.6 is 11.6 Å². The standard InChI is InChI=1S/C12H13ClN4O/c1-7(2)10-15-11(17-16-10)12(18)14-9-5-3-4-8(13)6-9/h3-7H,1-2H3,(H,14,18)(H,15,16,17). The van der Waals surface area contributed by atoms with Gasteiger partial charge in [-0.05, 0) is 18.2 Å². The van der Waals surface area contributed by atoms with Gasteiger partial charge in [0.05, 0.1) is 0 Å². The van der Waals surface area contributed by atoms with E-state index in [9.17, 15) is 4.79 Å². The lowest BCUT2D eigenvalue weighted by atomic mass is 10.2. The van der Waals surface area contributed by atoms with Crippen molar-refractivity contribution in [3.05, 3.63) is 40.9 Å². The quantitative estimate of drug-likeness (QED) is 0.895. The molecule has 1 aromatic heterocycles. The van der Waals surface area contributed by atoms with Gasteiger partial charge < -0.3 is 5.32 Å². The zero-order valence-electron chi connectivity index (χ0n) is 10.1. The maximum absolute atomic E-state index is 11.9. The Hall–Kier alpha value is -1.88. The largest absolute Gasteiger partial charge is 0.319 e. The first kappa shape index (κ1) is 12.6. The second-order valence-corrected chi connectivity index (χ2v) is 4.60. The van der Waals surface area contributed by atoms with E-state index in [-0.39, 0.29) is 17.6 Å². The van der Waals surface area contributed by atoms with E-state index in [1.165, 1.54) is 0 Å². The summed E-state index contributed by atoms with van der Waals surface area (Å²) in [5, 5.41) is 9.85. The summed E-state index contributed by atoms with van der Waals surface area (Å²) in [7, 11) is 0. The summed E-state index contributed by atoms with van der Waals surface area (Å²) in [6.07, 6.45) is 0. The van der Waals surface area contributed by atoms with Crippen LogP contribution in [-0.4, -0.2) is 21.1 Å². The number of hydrogen-bond acceptors (Lipinski definition) is 3. The van der Waals surface area contributed by atoms with Gasteiger partial charge in [0.2, 0.25) is 5.82 Å². The van der Waals surface area contributed by atoms with Gasteiger partial charge in [-0.1, -0.05) is 31.5 Å². The average molecular weight is 265 g/mol. The molecular formula is C12H13ClN4O. The van der Waals surface area contributed by atoms with Gasteiger partial charge in [0.1, 0.15) is 5.82 Å². The lowest BCUT2D eigenvalue weighted by molar-refractivity contribution is 0.101. The molecule has 0 fully saturated rings. The van der Waals surface area contributed by atoms with Crippen molar-refractivity contribution in [1.82, 2.24) is 15.2 Å². The van der Waals surface area contributed by atoms with Gasteiger partial charge in [-0.25, -0.2) is 4.98 Å². The lowest BCUT2D eigenvalue weighted by Crippen LogP contribution is -2.13. The van der Waals surface area contributed by atoms with Crippen LogP contribution in [0.15, 0.2) is 24.3 Å². The van der Waals surface area contributed by atoms with E-state index in [4.69, 9.17) is 11.6 Å². The summed E-state index contributed by atoms with van der Waals surface area (Å²) in [6, 6.07) is 6.91. The van der Waals surface area contributed by atoms with Crippen molar-refractivity contribution in [2.24, 2.45) is 0 Å². The van der Waals surface area contributed by atoms with Crippen LogP contribution in [0, 0.1) is 0 Å². The van der Waals surface area contributed by atoms with Gasteiger partial charge in [-0.3, -0.25) is 9.89 Å². The molecule has 2 aromatic rings. The predicted octanol–water partition coefficient (Wildman–Crippen LogP) is 2.83. The first-order valence-corrected chi connectivity index (χ1v) is 5.93. The Labute approximate surface area is 110 Å². The number of amides is 1. The van der Waals surface area contributed by atoms with E-state index in [0.717, 1.165) is 0 Å². The predicted molar refractivity (Wildman–Crippen MR) is 69.9 cm³/mol. The molecule has 0 saturated heterocycles. The zero-order valence-corrected chi connectivity index (χ0v) is 10.8. The number of hydrogen-bond donors (Lipinski definition) is 2. The molecule has 0 radical (unpaired) electrons. The molecule has 1 aromatic carbocycles. The van der Waals surface area contributed by atoms with Gasteiger partial charge in [-0.2, -0.15) is 0 Å². The molecule has 0 aliphatic rings. The number of carbonyl (C=O) groups excluding carboxylic acids is 1. The Morgan fingerprint density at radius 2 is 2.22 bits per heavy atom. The second-order valence-electron chi connectivity index (χ2n) is 4.16. The zero-order chi connectivity index (χ0) is 13.1. The minimum absolute atomic E-state index is 0.124. The number of H-pyrrole nitrogens is 1. The van der Waals surface area contributed by atoms with Crippen molar-refractivity contribution >= 4 is 23.2 Å². The Bertz CT molecular complexity index is 565. The van der Waals surface area contributed by atoms with Gasteiger partial charge in [0, 0.05) is 16.6 Å². The fraction of sp³-hybridized carbons (Fsp3) is 0.250. The molecule has 94 valence electrons. The topological polar surface area (TPSA) is 70.7 Å². The maximum atomic E-state index is 11.9. The summed E-state index contributed by atoms with van der Waals surface area (Å²) < 4.78 is 0. The van der Waals surface area contributed by atoms with E-state index >= 15 is 0 Å². The molecular weight excluding hydrogens is 252 g/mol. The van der Waals surface area contributed by atoms with Crippen molar-refractivity contribution in [2.45, 2.75) is 19.8 Å². The summed E-state index contributed by atoms with van der Waals surface area (Å²) in [6.45, 7) is 3.94. The molecule has 0 unspecified atom stereocenters. The van der Waals surface area contributed by atoms with Gasteiger partial charge in [0.15, 0.2) is 0 Å². The first-order chi connectivity index (χ1) is 8.56. The molecule has 0 aliphatic heterocycles. The highest BCUT2D eigenvalue weighted by Gasteiger charge is 2.14. The van der Waals surface area contributed by atoms with E-state index in [1.54, 1.807) is 24.3 Å². The molecule has 0 bridgehead atoms. The minimum atomic E-state index is -0.361. The van der Waals surface area contributed by atoms with Crippen LogP contribution in [0.25, 0.3) is 0 Å². The van der Waals surface area contributed by atoms with Gasteiger partial charge in [-0.15, -0.1) is 5.10 Å². The molecule has 0 saturated carbocycles. The molecule has 6 heteroatoms. The molecule has 0 aliphatic carbocycles. The number of anilines is 1. The van der Waals surface area contributed by atoms with Gasteiger partial charge in [0.25, 0.3) is 5.91 Å². The second kappa shape index (κ2) is 5.18. The van der Waals surface area contributed by atoms with Crippen LogP contribution in [0.5, 0.6) is 0 Å². The van der Waals surface area contributed by atoms with Crippen LogP contribution in [-0.2, 0) is 0 Å². The number of nitrogens with zero attached hydrogens (tertiary/aromatic N) is 2. The Balaban J connectivity index is 2.12. The first-order valence-electron chi connectivity index (χ1n) is 5.55. The SMILES string of the molecule is CC(C)c1nc(C(=O)Nc2cccc(Cl)c2)n[nH]1. The van der Waals surface area contributed by atoms with Crippen molar-refractivity contribution in [3.63, 3.8) is 0 Å². The highest BCUT2D eigenvalue weighted by Crippen LogP contribution is 2.15. The Morgan fingerprint density at radius 3 is 2.83 bits per heavy atom. The monoisotopic (exact) mass is 264 g/mol. The molecule has 0 atom stereocenters. The number of benzene rings is 1. The number of aromatic amines is 1. The van der Waals surface area contributed by atoms with Crippen LogP contribution in [0.2, 0.25) is 5.02 Å². The molecule has 1 amide bonds. The molecule has 2 rings (SSSR count). The molecule has 2 N–H and O–H groups in total. The molecule has 1 heterocycles. The Kier molecular flexibility index (Phi) is 3.62. The number of halogens is 1. The number of rotatable bonds is 3. The Morgan fingerprint density at radius 1 is 1.44 bits per heavy atom. The normalized spacial score (nSPS) is 10.7. The van der Waals surface area contributed by atoms with Crippen molar-refractivity contribution in [3.8, 4) is 0 Å². The summed E-state index contributed by atoms with van der Waals surface area (Å²) in [4.78, 5) is 16.0. The highest BCUT2D eigenvalue weighted by atomic mass is 35.5. The lowest BCUT2D eigenvalue weighted by Gasteiger charge is -2.02. The number of nitrogens with one attached hydrogen (secondary N) is 2. The van der Waals surface area contributed by atoms with E-state index in [0.29, 0.717) is 16.5 Å². The van der Waals surface area contributed by atoms with E-state index < -0.39 is 0 Å². The van der Waals surface area contributed by atoms with Crippen molar-refractivity contribution in [1.29, 1.82) is 0 Å². The highest BCUT2D eigenvalue weighted by molar-refractivity contribution is 6.30. The summed E-state index contributed by atoms with van der Waals surface area (Å²) in [5.74, 6) is 0.649. The van der Waals surface area contributed by atoms with Crippen molar-refractivity contribution < 1.29 is 4.79 Å². The van der Waals surface area contributed by atoms with E-state index in [2.05, 4.69) is 20.5 Å². The maximum Gasteiger partial charge on any atom is 0.295 e. The third-order valence-corrected chi connectivity index (χ3v) is 2.57. The fourth-order valence-corrected chi connectivity index (χ4v) is 1.58. The van der Waals surface area contributed by atoms with Crippen molar-refractivity contribution in [2.75, 3.05) is 5.32 Å². The minimum Gasteiger partial charge on any atom is -0.319 e. The summed E-state index contributed by atoms with van der Waals surface area (Å²) in [5.41, 5.74) is 0.614. The fourth-order valence-electron chi connectivity index (χ4n) is 1.39. The van der Waals surface area contributed by atoms with Crippen LogP contribution in [0.4, 0.5) is 5.69 Å². The van der Waals surface area contributed by atoms with Crippen LogP contribution < -0.4 is 5.32 Å². The molecule has 0 spiro atoms. The van der Waals surface area contributed by atoms with E-state index in [1.807, 2.05) is 13.8 Å². The molecule has 18 heavy (non-hydrogen) atoms. The number of carbonyl (C=O) groups is 1. The number of aromatic nitrogens is 3. The smallest absolute Gasteiger partial charge is 0.295 e. The summed E-state index contributed by atoms with van der Waals surface area (Å²) >= 11 is 5.83.